The molecule has 1 aliphatic rings. The van der Waals surface area contributed by atoms with Gasteiger partial charge < -0.3 is 19.7 Å². The molecule has 0 aromatic heterocycles. The number of fused-ring (bicyclic) bond motifs is 2. The summed E-state index contributed by atoms with van der Waals surface area (Å²) in [6.45, 7) is 4.83. The second kappa shape index (κ2) is 10.0. The lowest BCUT2D eigenvalue weighted by Crippen LogP contribution is -2.28. The summed E-state index contributed by atoms with van der Waals surface area (Å²) < 4.78 is 12.7. The lowest BCUT2D eigenvalue weighted by molar-refractivity contribution is -0.136. The number of hydrogen-bond donors (Lipinski definition) is 2. The van der Waals surface area contributed by atoms with Gasteiger partial charge in [-0.2, -0.15) is 0 Å². The number of hydrogen-bond acceptors (Lipinski definition) is 5. The summed E-state index contributed by atoms with van der Waals surface area (Å²) in [5.74, 6) is -0.460. The number of carbonyl (C=O) groups is 2. The van der Waals surface area contributed by atoms with Crippen LogP contribution in [0.4, 0.5) is 5.69 Å². The quantitative estimate of drug-likeness (QED) is 0.383. The van der Waals surface area contributed by atoms with Crippen LogP contribution < -0.4 is 14.4 Å². The maximum absolute atomic E-state index is 13.8. The first-order chi connectivity index (χ1) is 16.4. The number of carboxylic acid groups (broad SMARTS) is 1. The third kappa shape index (κ3) is 4.23. The number of aliphatic hydroxyl groups excluding tert-OH is 1. The Morgan fingerprint density at radius 3 is 2.24 bits per heavy atom. The van der Waals surface area contributed by atoms with Crippen molar-refractivity contribution in [3.05, 3.63) is 63.6 Å². The van der Waals surface area contributed by atoms with E-state index in [2.05, 4.69) is 15.9 Å². The highest BCUT2D eigenvalue weighted by atomic mass is 79.9. The molecule has 178 valence electrons. The van der Waals surface area contributed by atoms with Crippen LogP contribution in [0, 0.1) is 0 Å². The third-order valence-electron chi connectivity index (χ3n) is 5.62. The minimum absolute atomic E-state index is 0.148. The third-order valence-corrected chi connectivity index (χ3v) is 6.26. The molecule has 34 heavy (non-hydrogen) atoms. The molecule has 0 fully saturated rings. The van der Waals surface area contributed by atoms with Gasteiger partial charge in [0, 0.05) is 15.2 Å². The van der Waals surface area contributed by atoms with E-state index in [-0.39, 0.29) is 12.0 Å². The van der Waals surface area contributed by atoms with Crippen molar-refractivity contribution in [2.45, 2.75) is 39.3 Å². The monoisotopic (exact) mass is 527 g/mol. The molecule has 3 aromatic rings. The van der Waals surface area contributed by atoms with Gasteiger partial charge in [-0.15, -0.1) is 0 Å². The van der Waals surface area contributed by atoms with Crippen molar-refractivity contribution in [2.75, 3.05) is 18.1 Å². The number of carboxylic acids is 1. The predicted molar refractivity (Wildman–Crippen MR) is 133 cm³/mol. The first-order valence-electron chi connectivity index (χ1n) is 11.2. The number of halogens is 1. The van der Waals surface area contributed by atoms with Crippen molar-refractivity contribution in [2.24, 2.45) is 0 Å². The lowest BCUT2D eigenvalue weighted by Gasteiger charge is -2.23. The number of amides is 1. The highest BCUT2D eigenvalue weighted by Gasteiger charge is 2.44. The van der Waals surface area contributed by atoms with Crippen LogP contribution in [0.5, 0.6) is 11.5 Å². The molecule has 0 saturated carbocycles. The van der Waals surface area contributed by atoms with Gasteiger partial charge in [-0.3, -0.25) is 14.5 Å². The normalized spacial score (nSPS) is 15.0. The summed E-state index contributed by atoms with van der Waals surface area (Å²) in [6, 6.07) is 12.5. The summed E-state index contributed by atoms with van der Waals surface area (Å²) in [5, 5.41) is 22.1. The highest BCUT2D eigenvalue weighted by Crippen LogP contribution is 2.51. The maximum atomic E-state index is 13.8. The van der Waals surface area contributed by atoms with Crippen molar-refractivity contribution in [3.63, 3.8) is 0 Å². The molecule has 3 aromatic carbocycles. The number of carbonyl (C=O) groups excluding carboxylic acids is 1. The molecule has 1 aliphatic heterocycles. The van der Waals surface area contributed by atoms with Gasteiger partial charge in [0.1, 0.15) is 11.5 Å². The Bertz CT molecular complexity index is 1260. The van der Waals surface area contributed by atoms with Gasteiger partial charge in [-0.05, 0) is 46.5 Å². The SMILES string of the molecule is CCCOc1c2c(c(OCCC)c3ccccc13)C(O)N(c1ccc(CC(=O)O)cc1Br)C2=O. The molecular weight excluding hydrogens is 502 g/mol. The van der Waals surface area contributed by atoms with E-state index in [4.69, 9.17) is 14.6 Å². The average molecular weight is 528 g/mol. The zero-order valence-corrected chi connectivity index (χ0v) is 20.6. The van der Waals surface area contributed by atoms with Crippen LogP contribution in [0.25, 0.3) is 10.8 Å². The van der Waals surface area contributed by atoms with E-state index in [0.29, 0.717) is 46.0 Å². The van der Waals surface area contributed by atoms with Gasteiger partial charge in [-0.25, -0.2) is 0 Å². The van der Waals surface area contributed by atoms with E-state index in [0.717, 1.165) is 23.6 Å². The molecule has 2 N–H and O–H groups in total. The second-order valence-corrected chi connectivity index (χ2v) is 8.95. The van der Waals surface area contributed by atoms with Gasteiger partial charge in [-0.1, -0.05) is 44.2 Å². The molecule has 1 unspecified atom stereocenters. The minimum Gasteiger partial charge on any atom is -0.492 e. The summed E-state index contributed by atoms with van der Waals surface area (Å²) in [4.78, 5) is 26.2. The molecule has 0 spiro atoms. The molecule has 0 saturated heterocycles. The number of aliphatic carboxylic acids is 1. The van der Waals surface area contributed by atoms with E-state index in [1.807, 2.05) is 38.1 Å². The Balaban J connectivity index is 1.91. The van der Waals surface area contributed by atoms with Gasteiger partial charge >= 0.3 is 5.97 Å². The second-order valence-electron chi connectivity index (χ2n) is 8.09. The van der Waals surface area contributed by atoms with E-state index in [1.165, 1.54) is 4.90 Å². The molecule has 0 radical (unpaired) electrons. The van der Waals surface area contributed by atoms with Gasteiger partial charge in [0.25, 0.3) is 5.91 Å². The van der Waals surface area contributed by atoms with Crippen molar-refractivity contribution < 1.29 is 29.3 Å². The summed E-state index contributed by atoms with van der Waals surface area (Å²) in [6.07, 6.45) is 0.0744. The molecular formula is C26H26BrNO6. The van der Waals surface area contributed by atoms with E-state index >= 15 is 0 Å². The van der Waals surface area contributed by atoms with Crippen LogP contribution in [0.2, 0.25) is 0 Å². The van der Waals surface area contributed by atoms with Gasteiger partial charge in [0.2, 0.25) is 0 Å². The predicted octanol–water partition coefficient (Wildman–Crippen LogP) is 5.46. The molecule has 1 amide bonds. The molecule has 0 bridgehead atoms. The Labute approximate surface area is 206 Å². The van der Waals surface area contributed by atoms with Crippen LogP contribution in [-0.2, 0) is 11.2 Å². The van der Waals surface area contributed by atoms with Crippen LogP contribution >= 0.6 is 15.9 Å². The van der Waals surface area contributed by atoms with Gasteiger partial charge in [0.15, 0.2) is 6.23 Å². The fraction of sp³-hybridized carbons (Fsp3) is 0.308. The summed E-state index contributed by atoms with van der Waals surface area (Å²) in [7, 11) is 0. The fourth-order valence-corrected chi connectivity index (χ4v) is 4.82. The molecule has 0 aliphatic carbocycles. The zero-order chi connectivity index (χ0) is 24.4. The zero-order valence-electron chi connectivity index (χ0n) is 19.0. The number of rotatable bonds is 9. The Kier molecular flexibility index (Phi) is 7.09. The summed E-state index contributed by atoms with van der Waals surface area (Å²) >= 11 is 3.45. The molecule has 1 atom stereocenters. The molecule has 7 nitrogen and oxygen atoms in total. The minimum atomic E-state index is -1.30. The molecule has 1 heterocycles. The van der Waals surface area contributed by atoms with Crippen molar-refractivity contribution in [3.8, 4) is 11.5 Å². The van der Waals surface area contributed by atoms with E-state index < -0.39 is 18.1 Å². The number of anilines is 1. The smallest absolute Gasteiger partial charge is 0.307 e. The lowest BCUT2D eigenvalue weighted by atomic mass is 9.98. The van der Waals surface area contributed by atoms with Crippen molar-refractivity contribution in [1.82, 2.24) is 0 Å². The topological polar surface area (TPSA) is 96.3 Å². The van der Waals surface area contributed by atoms with E-state index in [1.54, 1.807) is 18.2 Å². The summed E-state index contributed by atoms with van der Waals surface area (Å²) in [5.41, 5.74) is 1.67. The standard InChI is InChI=1S/C26H26BrNO6/c1-3-11-33-23-16-7-5-6-8-17(16)24(34-12-4-2)22-21(23)25(31)28(26(22)32)19-10-9-15(13-18(19)27)14-20(29)30/h5-10,13,25,31H,3-4,11-12,14H2,1-2H3,(H,29,30). The van der Waals surface area contributed by atoms with Crippen molar-refractivity contribution >= 4 is 44.3 Å². The molecule has 8 heteroatoms. The Hall–Kier alpha value is -3.10. The number of aliphatic hydroxyl groups is 1. The van der Waals surface area contributed by atoms with Gasteiger partial charge in [0.05, 0.1) is 36.4 Å². The first kappa shape index (κ1) is 24.0. The number of ether oxygens (including phenoxy) is 2. The molecule has 4 rings (SSSR count). The Morgan fingerprint density at radius 2 is 1.65 bits per heavy atom. The average Bonchev–Trinajstić information content (AvgIpc) is 3.06. The van der Waals surface area contributed by atoms with Crippen molar-refractivity contribution in [1.29, 1.82) is 0 Å². The number of benzene rings is 3. The largest absolute Gasteiger partial charge is 0.492 e. The highest BCUT2D eigenvalue weighted by molar-refractivity contribution is 9.10. The van der Waals surface area contributed by atoms with Crippen LogP contribution in [0.3, 0.4) is 0 Å². The Morgan fingerprint density at radius 1 is 1.03 bits per heavy atom. The van der Waals surface area contributed by atoms with Crippen LogP contribution in [0.1, 0.15) is 54.4 Å². The maximum Gasteiger partial charge on any atom is 0.307 e. The fourth-order valence-electron chi connectivity index (χ4n) is 4.20. The first-order valence-corrected chi connectivity index (χ1v) is 12.0. The number of nitrogens with zero attached hydrogens (tertiary/aromatic N) is 1. The van der Waals surface area contributed by atoms with Crippen LogP contribution in [-0.4, -0.2) is 35.3 Å². The van der Waals surface area contributed by atoms with Crippen LogP contribution in [0.15, 0.2) is 46.9 Å². The van der Waals surface area contributed by atoms with E-state index in [9.17, 15) is 14.7 Å².